The van der Waals surface area contributed by atoms with Crippen molar-refractivity contribution < 1.29 is 19.4 Å². The Hall–Kier alpha value is -5.19. The van der Waals surface area contributed by atoms with Gasteiger partial charge in [-0.2, -0.15) is 5.10 Å². The average molecular weight is 675 g/mol. The SMILES string of the molecule is C=C(C)c1cc(NC(=O)NCc2ccccc2COc2cc(C)n(Cc3ccccc3OC)c(=O)c2Cl)n(-c2ccc(Cl)c(O)c2)n1. The minimum absolute atomic E-state index is 0.0276. The molecule has 5 rings (SSSR count). The van der Waals surface area contributed by atoms with Crippen molar-refractivity contribution in [3.8, 4) is 22.9 Å². The summed E-state index contributed by atoms with van der Waals surface area (Å²) in [5, 5.41) is 20.5. The van der Waals surface area contributed by atoms with Gasteiger partial charge in [-0.25, -0.2) is 9.48 Å². The minimum atomic E-state index is -0.481. The Balaban J connectivity index is 1.27. The number of nitrogens with one attached hydrogen (secondary N) is 2. The predicted molar refractivity (Wildman–Crippen MR) is 184 cm³/mol. The fraction of sp³-hybridized carbons (Fsp3) is 0.171. The molecule has 2 aromatic heterocycles. The molecule has 3 N–H and O–H groups in total. The van der Waals surface area contributed by atoms with Crippen LogP contribution in [0.2, 0.25) is 10.0 Å². The minimum Gasteiger partial charge on any atom is -0.506 e. The van der Waals surface area contributed by atoms with Gasteiger partial charge in [0.05, 0.1) is 30.1 Å². The summed E-state index contributed by atoms with van der Waals surface area (Å²) in [6.07, 6.45) is 0. The molecule has 0 aliphatic carbocycles. The third kappa shape index (κ3) is 7.62. The molecule has 0 atom stereocenters. The molecule has 0 aliphatic heterocycles. The van der Waals surface area contributed by atoms with Crippen LogP contribution in [-0.2, 0) is 19.7 Å². The number of halogens is 2. The zero-order valence-electron chi connectivity index (χ0n) is 26.0. The maximum atomic E-state index is 13.2. The number of phenols is 1. The molecule has 0 spiro atoms. The molecule has 47 heavy (non-hydrogen) atoms. The summed E-state index contributed by atoms with van der Waals surface area (Å²) < 4.78 is 14.5. The number of para-hydroxylation sites is 1. The van der Waals surface area contributed by atoms with E-state index in [0.717, 1.165) is 16.7 Å². The van der Waals surface area contributed by atoms with E-state index in [1.807, 2.05) is 55.5 Å². The van der Waals surface area contributed by atoms with E-state index >= 15 is 0 Å². The quantitative estimate of drug-likeness (QED) is 0.135. The number of carbonyl (C=O) groups excluding carboxylic acids is 1. The molecule has 2 amide bonds. The number of amides is 2. The number of urea groups is 1. The lowest BCUT2D eigenvalue weighted by Crippen LogP contribution is -2.29. The Labute approximate surface area is 281 Å². The first kappa shape index (κ1) is 33.2. The van der Waals surface area contributed by atoms with Crippen molar-refractivity contribution in [1.29, 1.82) is 0 Å². The van der Waals surface area contributed by atoms with Gasteiger partial charge in [-0.3, -0.25) is 10.1 Å². The van der Waals surface area contributed by atoms with Crippen LogP contribution in [0.3, 0.4) is 0 Å². The highest BCUT2D eigenvalue weighted by molar-refractivity contribution is 6.32. The normalized spacial score (nSPS) is 10.8. The molecule has 0 radical (unpaired) electrons. The summed E-state index contributed by atoms with van der Waals surface area (Å²) in [4.78, 5) is 26.3. The first-order valence-corrected chi connectivity index (χ1v) is 15.3. The van der Waals surface area contributed by atoms with E-state index in [2.05, 4.69) is 22.3 Å². The van der Waals surface area contributed by atoms with Crippen LogP contribution in [0.25, 0.3) is 11.3 Å². The molecule has 5 aromatic rings. The Kier molecular flexibility index (Phi) is 10.2. The van der Waals surface area contributed by atoms with E-state index in [1.54, 1.807) is 42.9 Å². The molecule has 0 saturated heterocycles. The summed E-state index contributed by atoms with van der Waals surface area (Å²) in [7, 11) is 1.59. The van der Waals surface area contributed by atoms with Crippen molar-refractivity contribution in [1.82, 2.24) is 19.7 Å². The van der Waals surface area contributed by atoms with Crippen LogP contribution >= 0.6 is 23.2 Å². The van der Waals surface area contributed by atoms with Crippen LogP contribution in [0.4, 0.5) is 10.6 Å². The molecule has 0 saturated carbocycles. The van der Waals surface area contributed by atoms with Gasteiger partial charge in [-0.05, 0) is 48.7 Å². The van der Waals surface area contributed by atoms with Gasteiger partial charge >= 0.3 is 6.03 Å². The van der Waals surface area contributed by atoms with Crippen LogP contribution in [0.1, 0.15) is 35.0 Å². The molecule has 3 aromatic carbocycles. The Morgan fingerprint density at radius 1 is 0.979 bits per heavy atom. The number of allylic oxidation sites excluding steroid dienone is 1. The van der Waals surface area contributed by atoms with Crippen molar-refractivity contribution in [3.05, 3.63) is 134 Å². The molecule has 0 fully saturated rings. The number of hydrogen-bond donors (Lipinski definition) is 3. The lowest BCUT2D eigenvalue weighted by atomic mass is 10.1. The number of aryl methyl sites for hydroxylation is 1. The molecular weight excluding hydrogens is 641 g/mol. The number of aromatic hydroxyl groups is 1. The van der Waals surface area contributed by atoms with Gasteiger partial charge in [0.1, 0.15) is 34.7 Å². The van der Waals surface area contributed by atoms with E-state index < -0.39 is 6.03 Å². The van der Waals surface area contributed by atoms with Crippen molar-refractivity contribution in [2.75, 3.05) is 12.4 Å². The summed E-state index contributed by atoms with van der Waals surface area (Å²) in [5.74, 6) is 1.19. The maximum Gasteiger partial charge on any atom is 0.320 e. The number of pyridine rings is 1. The van der Waals surface area contributed by atoms with Crippen molar-refractivity contribution in [2.24, 2.45) is 0 Å². The molecule has 2 heterocycles. The highest BCUT2D eigenvalue weighted by atomic mass is 35.5. The number of ether oxygens (including phenoxy) is 2. The second kappa shape index (κ2) is 14.5. The largest absolute Gasteiger partial charge is 0.506 e. The molecular formula is C35H33Cl2N5O5. The Morgan fingerprint density at radius 3 is 2.38 bits per heavy atom. The monoisotopic (exact) mass is 673 g/mol. The van der Waals surface area contributed by atoms with E-state index in [4.69, 9.17) is 32.7 Å². The summed E-state index contributed by atoms with van der Waals surface area (Å²) in [5.41, 5.74) is 4.52. The van der Waals surface area contributed by atoms with Gasteiger partial charge in [-0.1, -0.05) is 72.2 Å². The fourth-order valence-electron chi connectivity index (χ4n) is 4.89. The lowest BCUT2D eigenvalue weighted by Gasteiger charge is -2.17. The maximum absolute atomic E-state index is 13.2. The van der Waals surface area contributed by atoms with Crippen LogP contribution in [-0.4, -0.2) is 32.6 Å². The third-order valence-corrected chi connectivity index (χ3v) is 8.11. The van der Waals surface area contributed by atoms with Crippen LogP contribution in [0.15, 0.2) is 90.2 Å². The zero-order valence-corrected chi connectivity index (χ0v) is 27.5. The number of methoxy groups -OCH3 is 1. The van der Waals surface area contributed by atoms with Gasteiger partial charge in [0.25, 0.3) is 5.56 Å². The molecule has 0 aliphatic rings. The van der Waals surface area contributed by atoms with Crippen LogP contribution < -0.4 is 25.7 Å². The molecule has 10 nitrogen and oxygen atoms in total. The molecule has 0 bridgehead atoms. The first-order chi connectivity index (χ1) is 22.5. The third-order valence-electron chi connectivity index (χ3n) is 7.44. The van der Waals surface area contributed by atoms with Gasteiger partial charge in [0.2, 0.25) is 0 Å². The summed E-state index contributed by atoms with van der Waals surface area (Å²) in [6.45, 7) is 8.14. The van der Waals surface area contributed by atoms with Gasteiger partial charge in [0, 0.05) is 36.0 Å². The molecule has 12 heteroatoms. The molecule has 0 unspecified atom stereocenters. The predicted octanol–water partition coefficient (Wildman–Crippen LogP) is 7.35. The number of rotatable bonds is 11. The number of aromatic nitrogens is 3. The topological polar surface area (TPSA) is 120 Å². The molecule has 242 valence electrons. The van der Waals surface area contributed by atoms with Crippen molar-refractivity contribution in [3.63, 3.8) is 0 Å². The first-order valence-electron chi connectivity index (χ1n) is 14.6. The number of benzene rings is 3. The van der Waals surface area contributed by atoms with E-state index in [-0.39, 0.29) is 40.3 Å². The number of anilines is 1. The van der Waals surface area contributed by atoms with Crippen LogP contribution in [0.5, 0.6) is 17.2 Å². The summed E-state index contributed by atoms with van der Waals surface area (Å²) in [6, 6.07) is 22.6. The second-order valence-corrected chi connectivity index (χ2v) is 11.6. The van der Waals surface area contributed by atoms with E-state index in [1.165, 1.54) is 10.7 Å². The van der Waals surface area contributed by atoms with Gasteiger partial charge in [-0.15, -0.1) is 0 Å². The second-order valence-electron chi connectivity index (χ2n) is 10.8. The van der Waals surface area contributed by atoms with Gasteiger partial charge in [0.15, 0.2) is 0 Å². The average Bonchev–Trinajstić information content (AvgIpc) is 3.49. The highest BCUT2D eigenvalue weighted by Gasteiger charge is 2.17. The smallest absolute Gasteiger partial charge is 0.320 e. The van der Waals surface area contributed by atoms with Crippen molar-refractivity contribution >= 4 is 40.6 Å². The highest BCUT2D eigenvalue weighted by Crippen LogP contribution is 2.29. The lowest BCUT2D eigenvalue weighted by molar-refractivity contribution is 0.251. The Bertz CT molecular complexity index is 2020. The van der Waals surface area contributed by atoms with Crippen molar-refractivity contribution in [2.45, 2.75) is 33.5 Å². The summed E-state index contributed by atoms with van der Waals surface area (Å²) >= 11 is 12.5. The Morgan fingerprint density at radius 2 is 1.68 bits per heavy atom. The van der Waals surface area contributed by atoms with E-state index in [0.29, 0.717) is 40.8 Å². The van der Waals surface area contributed by atoms with E-state index in [9.17, 15) is 14.7 Å². The number of nitrogens with zero attached hydrogens (tertiary/aromatic N) is 3. The number of carbonyl (C=O) groups is 1. The zero-order chi connectivity index (χ0) is 33.7. The van der Waals surface area contributed by atoms with Gasteiger partial charge < -0.3 is 24.5 Å². The standard InChI is InChI=1S/C35H33Cl2N5O5/c1-21(2)28-17-32(42(40-28)26-13-14-27(36)29(43)16-26)39-35(45)38-18-23-9-5-6-11-25(23)20-47-31-15-22(3)41(34(44)33(31)37)19-24-10-7-8-12-30(24)46-4/h5-17,43H,1,18-20H2,2-4H3,(H2,38,39,45). The van der Waals surface area contributed by atoms with Crippen LogP contribution in [0, 0.1) is 6.92 Å². The number of phenolic OH excluding ortho intramolecular Hbond substituents is 1. The fourth-order valence-corrected chi connectivity index (χ4v) is 5.22. The number of hydrogen-bond acceptors (Lipinski definition) is 6.